The number of anilines is 1. The molecule has 0 saturated carbocycles. The number of thioether (sulfide) groups is 1. The number of aromatic nitrogens is 2. The van der Waals surface area contributed by atoms with E-state index in [4.69, 9.17) is 0 Å². The fourth-order valence-electron chi connectivity index (χ4n) is 3.09. The smallest absolute Gasteiger partial charge is 0.306 e. The molecule has 1 aromatic heterocycles. The van der Waals surface area contributed by atoms with E-state index < -0.39 is 17.6 Å². The van der Waals surface area contributed by atoms with E-state index in [0.29, 0.717) is 17.9 Å². The molecule has 2 heterocycles. The van der Waals surface area contributed by atoms with Gasteiger partial charge in [-0.2, -0.15) is 18.3 Å². The van der Waals surface area contributed by atoms with E-state index in [9.17, 15) is 22.8 Å². The van der Waals surface area contributed by atoms with Crippen molar-refractivity contribution in [2.45, 2.75) is 56.0 Å². The van der Waals surface area contributed by atoms with Crippen LogP contribution in [0.1, 0.15) is 49.2 Å². The van der Waals surface area contributed by atoms with E-state index in [1.165, 1.54) is 39.5 Å². The van der Waals surface area contributed by atoms with Gasteiger partial charge in [-0.1, -0.05) is 20.3 Å². The molecule has 0 bridgehead atoms. The van der Waals surface area contributed by atoms with Gasteiger partial charge < -0.3 is 4.90 Å². The van der Waals surface area contributed by atoms with Crippen LogP contribution < -0.4 is 10.5 Å². The van der Waals surface area contributed by atoms with Gasteiger partial charge in [0.15, 0.2) is 0 Å². The zero-order valence-corrected chi connectivity index (χ0v) is 17.0. The fraction of sp³-hybridized carbons (Fsp3) is 0.450. The molecule has 0 radical (unpaired) electrons. The first-order valence-electron chi connectivity index (χ1n) is 9.48. The number of benzene rings is 1. The van der Waals surface area contributed by atoms with Crippen LogP contribution in [0.25, 0.3) is 0 Å². The minimum atomic E-state index is -4.50. The van der Waals surface area contributed by atoms with E-state index in [2.05, 4.69) is 5.10 Å². The van der Waals surface area contributed by atoms with Crippen molar-refractivity contribution in [2.24, 2.45) is 0 Å². The summed E-state index contributed by atoms with van der Waals surface area (Å²) in [4.78, 5) is 27.1. The summed E-state index contributed by atoms with van der Waals surface area (Å²) in [6.45, 7) is 4.61. The van der Waals surface area contributed by atoms with Crippen molar-refractivity contribution in [1.82, 2.24) is 9.78 Å². The van der Waals surface area contributed by atoms with Gasteiger partial charge in [0.1, 0.15) is 5.69 Å². The average molecular weight is 425 g/mol. The maximum atomic E-state index is 13.2. The first kappa shape index (κ1) is 21.4. The van der Waals surface area contributed by atoms with Gasteiger partial charge in [0.05, 0.1) is 11.3 Å². The van der Waals surface area contributed by atoms with Crippen LogP contribution in [0.3, 0.4) is 0 Å². The van der Waals surface area contributed by atoms with Crippen molar-refractivity contribution in [3.63, 3.8) is 0 Å². The molecule has 9 heteroatoms. The third kappa shape index (κ3) is 4.83. The number of amides is 1. The Balaban J connectivity index is 2.02. The summed E-state index contributed by atoms with van der Waals surface area (Å²) in [7, 11) is 0. The molecule has 0 saturated heterocycles. The average Bonchev–Trinajstić information content (AvgIpc) is 2.83. The second kappa shape index (κ2) is 8.61. The van der Waals surface area contributed by atoms with Crippen LogP contribution in [-0.2, 0) is 12.7 Å². The molecule has 29 heavy (non-hydrogen) atoms. The number of aryl methyl sites for hydroxylation is 1. The van der Waals surface area contributed by atoms with Crippen LogP contribution in [-0.4, -0.2) is 27.5 Å². The minimum Gasteiger partial charge on any atom is -0.306 e. The molecule has 1 aliphatic rings. The summed E-state index contributed by atoms with van der Waals surface area (Å²) in [5, 5.41) is 4.31. The van der Waals surface area contributed by atoms with Crippen LogP contribution in [0.2, 0.25) is 0 Å². The highest BCUT2D eigenvalue weighted by Gasteiger charge is 2.34. The van der Waals surface area contributed by atoms with Gasteiger partial charge in [-0.05, 0) is 37.1 Å². The molecule has 1 aliphatic heterocycles. The molecule has 1 unspecified atom stereocenters. The molecule has 1 aromatic carbocycles. The van der Waals surface area contributed by atoms with E-state index in [1.807, 2.05) is 13.8 Å². The van der Waals surface area contributed by atoms with Crippen molar-refractivity contribution in [2.75, 3.05) is 11.4 Å². The van der Waals surface area contributed by atoms with Crippen molar-refractivity contribution < 1.29 is 18.0 Å². The summed E-state index contributed by atoms with van der Waals surface area (Å²) in [6.07, 6.45) is -2.28. The Morgan fingerprint density at radius 3 is 2.72 bits per heavy atom. The topological polar surface area (TPSA) is 55.2 Å². The third-order valence-electron chi connectivity index (χ3n) is 4.72. The number of carbonyl (C=O) groups excluding carboxylic acids is 1. The molecule has 3 rings (SSSR count). The van der Waals surface area contributed by atoms with Crippen LogP contribution in [0.5, 0.6) is 0 Å². The van der Waals surface area contributed by atoms with Crippen LogP contribution in [0.4, 0.5) is 18.9 Å². The number of alkyl halides is 3. The Morgan fingerprint density at radius 1 is 1.28 bits per heavy atom. The van der Waals surface area contributed by atoms with E-state index in [1.54, 1.807) is 0 Å². The van der Waals surface area contributed by atoms with Crippen molar-refractivity contribution >= 4 is 23.4 Å². The molecular weight excluding hydrogens is 403 g/mol. The number of unbranched alkanes of at least 4 members (excludes halogenated alkanes) is 1. The maximum absolute atomic E-state index is 13.2. The van der Waals surface area contributed by atoms with Gasteiger partial charge in [-0.3, -0.25) is 9.59 Å². The highest BCUT2D eigenvalue weighted by Crippen LogP contribution is 2.41. The summed E-state index contributed by atoms with van der Waals surface area (Å²) < 4.78 is 41.0. The van der Waals surface area contributed by atoms with Crippen molar-refractivity contribution in [1.29, 1.82) is 0 Å². The Kier molecular flexibility index (Phi) is 6.36. The lowest BCUT2D eigenvalue weighted by atomic mass is 10.1. The van der Waals surface area contributed by atoms with Gasteiger partial charge in [0.25, 0.3) is 11.5 Å². The number of rotatable bonds is 4. The van der Waals surface area contributed by atoms with Crippen LogP contribution >= 0.6 is 11.8 Å². The summed E-state index contributed by atoms with van der Waals surface area (Å²) in [5.74, 6) is -0.509. The molecule has 156 valence electrons. The number of halogens is 3. The summed E-state index contributed by atoms with van der Waals surface area (Å²) >= 11 is 1.45. The summed E-state index contributed by atoms with van der Waals surface area (Å²) in [6, 6.07) is 6.08. The highest BCUT2D eigenvalue weighted by atomic mass is 32.2. The predicted molar refractivity (Wildman–Crippen MR) is 106 cm³/mol. The van der Waals surface area contributed by atoms with Gasteiger partial charge in [-0.25, -0.2) is 4.68 Å². The highest BCUT2D eigenvalue weighted by molar-refractivity contribution is 8.00. The molecule has 0 N–H and O–H groups in total. The van der Waals surface area contributed by atoms with Gasteiger partial charge in [-0.15, -0.1) is 11.8 Å². The molecule has 1 amide bonds. The zero-order chi connectivity index (χ0) is 21.2. The Labute approximate surface area is 170 Å². The monoisotopic (exact) mass is 425 g/mol. The quantitative estimate of drug-likeness (QED) is 0.719. The number of fused-ring (bicyclic) bond motifs is 1. The lowest BCUT2D eigenvalue weighted by molar-refractivity contribution is -0.137. The molecule has 1 atom stereocenters. The molecule has 0 spiro atoms. The molecular formula is C20H22F3N3O2S. The van der Waals surface area contributed by atoms with E-state index in [-0.39, 0.29) is 28.7 Å². The van der Waals surface area contributed by atoms with Gasteiger partial charge >= 0.3 is 6.18 Å². The SMILES string of the molecule is CCCCn1nc(C(=O)N2CCC(C)Sc3ccc(C(F)(F)F)cc32)ccc1=O. The molecule has 5 nitrogen and oxygen atoms in total. The first-order chi connectivity index (χ1) is 13.7. The summed E-state index contributed by atoms with van der Waals surface area (Å²) in [5.41, 5.74) is -0.837. The van der Waals surface area contributed by atoms with Crippen LogP contribution in [0.15, 0.2) is 40.0 Å². The largest absolute Gasteiger partial charge is 0.416 e. The number of hydrogen-bond donors (Lipinski definition) is 0. The van der Waals surface area contributed by atoms with E-state index >= 15 is 0 Å². The third-order valence-corrected chi connectivity index (χ3v) is 5.96. The Morgan fingerprint density at radius 2 is 2.03 bits per heavy atom. The van der Waals surface area contributed by atoms with Crippen molar-refractivity contribution in [3.05, 3.63) is 51.9 Å². The second-order valence-electron chi connectivity index (χ2n) is 6.99. The van der Waals surface area contributed by atoms with Gasteiger partial charge in [0, 0.05) is 29.3 Å². The zero-order valence-electron chi connectivity index (χ0n) is 16.2. The fourth-order valence-corrected chi connectivity index (χ4v) is 4.18. The predicted octanol–water partition coefficient (Wildman–Crippen LogP) is 4.59. The first-order valence-corrected chi connectivity index (χ1v) is 10.4. The lowest BCUT2D eigenvalue weighted by Gasteiger charge is -2.23. The minimum absolute atomic E-state index is 0.0450. The van der Waals surface area contributed by atoms with Gasteiger partial charge in [0.2, 0.25) is 0 Å². The number of nitrogens with zero attached hydrogens (tertiary/aromatic N) is 3. The normalized spacial score (nSPS) is 17.0. The van der Waals surface area contributed by atoms with E-state index in [0.717, 1.165) is 25.0 Å². The lowest BCUT2D eigenvalue weighted by Crippen LogP contribution is -2.35. The number of hydrogen-bond acceptors (Lipinski definition) is 4. The van der Waals surface area contributed by atoms with Crippen molar-refractivity contribution in [3.8, 4) is 0 Å². The standard InChI is InChI=1S/C20H22F3N3O2S/c1-3-4-10-26-18(27)8-6-15(24-26)19(28)25-11-9-13(2)29-17-7-5-14(12-16(17)25)20(21,22)23/h5-8,12-13H,3-4,9-11H2,1-2H3. The molecule has 0 fully saturated rings. The Bertz CT molecular complexity index is 959. The molecule has 0 aliphatic carbocycles. The second-order valence-corrected chi connectivity index (χ2v) is 8.47. The number of carbonyl (C=O) groups is 1. The van der Waals surface area contributed by atoms with Crippen LogP contribution in [0, 0.1) is 0 Å². The Hall–Kier alpha value is -2.29. The molecule has 2 aromatic rings. The maximum Gasteiger partial charge on any atom is 0.416 e.